The molecule has 1 N–H and O–H groups in total. The van der Waals surface area contributed by atoms with Crippen molar-refractivity contribution in [3.05, 3.63) is 42.1 Å². The maximum atomic E-state index is 12.4. The average Bonchev–Trinajstić information content (AvgIpc) is 3.24. The van der Waals surface area contributed by atoms with Crippen molar-refractivity contribution in [1.29, 1.82) is 0 Å². The Morgan fingerprint density at radius 1 is 1.44 bits per heavy atom. The van der Waals surface area contributed by atoms with E-state index < -0.39 is 10.0 Å². The maximum absolute atomic E-state index is 12.4. The molecular weight excluding hydrogens is 344 g/mol. The van der Waals surface area contributed by atoms with Gasteiger partial charge in [0.2, 0.25) is 15.9 Å². The van der Waals surface area contributed by atoms with Crippen molar-refractivity contribution < 1.29 is 17.6 Å². The molecule has 0 radical (unpaired) electrons. The summed E-state index contributed by atoms with van der Waals surface area (Å²) >= 11 is 0. The van der Waals surface area contributed by atoms with E-state index in [2.05, 4.69) is 10.4 Å². The fourth-order valence-corrected chi connectivity index (χ4v) is 4.49. The summed E-state index contributed by atoms with van der Waals surface area (Å²) in [6.45, 7) is 2.70. The molecule has 0 spiro atoms. The van der Waals surface area contributed by atoms with Crippen molar-refractivity contribution in [3.8, 4) is 0 Å². The van der Waals surface area contributed by atoms with Crippen LogP contribution in [0.25, 0.3) is 0 Å². The molecule has 1 aliphatic heterocycles. The number of amides is 1. The van der Waals surface area contributed by atoms with Crippen LogP contribution < -0.4 is 5.32 Å². The molecule has 0 aromatic carbocycles. The van der Waals surface area contributed by atoms with Crippen molar-refractivity contribution in [2.24, 2.45) is 0 Å². The van der Waals surface area contributed by atoms with E-state index in [1.807, 2.05) is 6.92 Å². The van der Waals surface area contributed by atoms with Crippen LogP contribution in [0.5, 0.6) is 0 Å². The summed E-state index contributed by atoms with van der Waals surface area (Å²) in [5.74, 6) is 0.611. The quantitative estimate of drug-likeness (QED) is 0.796. The van der Waals surface area contributed by atoms with Gasteiger partial charge < -0.3 is 9.73 Å². The Hall–Kier alpha value is -2.13. The first kappa shape index (κ1) is 17.7. The van der Waals surface area contributed by atoms with Crippen LogP contribution in [0.15, 0.2) is 35.1 Å². The van der Waals surface area contributed by atoms with Gasteiger partial charge in [0, 0.05) is 12.7 Å². The summed E-state index contributed by atoms with van der Waals surface area (Å²) in [5.41, 5.74) is 0.801. The van der Waals surface area contributed by atoms with Crippen molar-refractivity contribution in [2.75, 3.05) is 12.3 Å². The molecule has 0 fully saturated rings. The van der Waals surface area contributed by atoms with Gasteiger partial charge in [0.15, 0.2) is 0 Å². The average molecular weight is 366 g/mol. The minimum Gasteiger partial charge on any atom is -0.467 e. The Labute approximate surface area is 146 Å². The number of aromatic nitrogens is 2. The zero-order valence-corrected chi connectivity index (χ0v) is 14.9. The Bertz CT molecular complexity index is 813. The zero-order chi connectivity index (χ0) is 17.9. The number of carbonyl (C=O) groups is 1. The number of nitrogens with one attached hydrogen (secondary N) is 1. The highest BCUT2D eigenvalue weighted by atomic mass is 32.2. The van der Waals surface area contributed by atoms with Gasteiger partial charge in [-0.05, 0) is 24.6 Å². The predicted octanol–water partition coefficient (Wildman–Crippen LogP) is 1.28. The van der Waals surface area contributed by atoms with E-state index in [9.17, 15) is 13.2 Å². The molecule has 1 aliphatic rings. The molecule has 2 aromatic heterocycles. The number of hydrogen-bond donors (Lipinski definition) is 1. The monoisotopic (exact) mass is 366 g/mol. The van der Waals surface area contributed by atoms with E-state index in [0.717, 1.165) is 5.69 Å². The van der Waals surface area contributed by atoms with Gasteiger partial charge in [0.25, 0.3) is 0 Å². The lowest BCUT2D eigenvalue weighted by Gasteiger charge is -2.32. The summed E-state index contributed by atoms with van der Waals surface area (Å²) in [6.07, 6.45) is 3.91. The molecule has 3 rings (SSSR count). The first-order chi connectivity index (χ1) is 12.0. The van der Waals surface area contributed by atoms with E-state index in [1.54, 1.807) is 35.3 Å². The van der Waals surface area contributed by atoms with Crippen LogP contribution in [0.1, 0.15) is 37.3 Å². The standard InChI is InChI=1S/C16H22N4O4S/c1-2-8-25(22,23)19-11-13-5-6-18-20(13)14(12-19)9-16(21)17-10-15-4-3-7-24-15/h3-7,14H,2,8-12H2,1H3,(H,17,21). The molecule has 0 bridgehead atoms. The molecule has 1 atom stereocenters. The smallest absolute Gasteiger partial charge is 0.222 e. The Morgan fingerprint density at radius 2 is 2.28 bits per heavy atom. The van der Waals surface area contributed by atoms with E-state index in [0.29, 0.717) is 25.3 Å². The number of rotatable bonds is 7. The lowest BCUT2D eigenvalue weighted by Crippen LogP contribution is -2.43. The van der Waals surface area contributed by atoms with Gasteiger partial charge in [-0.15, -0.1) is 0 Å². The van der Waals surface area contributed by atoms with Crippen LogP contribution in [-0.2, 0) is 27.9 Å². The molecule has 0 saturated heterocycles. The molecule has 25 heavy (non-hydrogen) atoms. The third-order valence-corrected chi connectivity index (χ3v) is 6.16. The van der Waals surface area contributed by atoms with Gasteiger partial charge in [-0.1, -0.05) is 6.92 Å². The fourth-order valence-electron chi connectivity index (χ4n) is 2.99. The second-order valence-electron chi connectivity index (χ2n) is 6.09. The van der Waals surface area contributed by atoms with Gasteiger partial charge >= 0.3 is 0 Å². The molecular formula is C16H22N4O4S. The number of fused-ring (bicyclic) bond motifs is 1. The second kappa shape index (κ2) is 7.40. The Morgan fingerprint density at radius 3 is 3.00 bits per heavy atom. The normalized spacial score (nSPS) is 18.0. The number of furan rings is 1. The predicted molar refractivity (Wildman–Crippen MR) is 90.9 cm³/mol. The largest absolute Gasteiger partial charge is 0.467 e. The molecule has 3 heterocycles. The van der Waals surface area contributed by atoms with Crippen LogP contribution in [0.2, 0.25) is 0 Å². The maximum Gasteiger partial charge on any atom is 0.222 e. The molecule has 136 valence electrons. The minimum atomic E-state index is -3.32. The number of nitrogens with zero attached hydrogens (tertiary/aromatic N) is 3. The highest BCUT2D eigenvalue weighted by molar-refractivity contribution is 7.89. The van der Waals surface area contributed by atoms with E-state index in [4.69, 9.17) is 4.42 Å². The number of sulfonamides is 1. The minimum absolute atomic E-state index is 0.110. The molecule has 2 aromatic rings. The van der Waals surface area contributed by atoms with Crippen LogP contribution >= 0.6 is 0 Å². The summed E-state index contributed by atoms with van der Waals surface area (Å²) < 4.78 is 33.2. The van der Waals surface area contributed by atoms with E-state index in [-0.39, 0.29) is 30.7 Å². The third-order valence-electron chi connectivity index (χ3n) is 4.17. The molecule has 1 amide bonds. The SMILES string of the molecule is CCCS(=O)(=O)N1Cc2ccnn2C(CC(=O)NCc2ccco2)C1. The van der Waals surface area contributed by atoms with Gasteiger partial charge in [-0.2, -0.15) is 9.40 Å². The molecule has 9 heteroatoms. The second-order valence-corrected chi connectivity index (χ2v) is 8.18. The molecule has 0 saturated carbocycles. The summed E-state index contributed by atoms with van der Waals surface area (Å²) in [7, 11) is -3.32. The van der Waals surface area contributed by atoms with Gasteiger partial charge in [-0.25, -0.2) is 8.42 Å². The molecule has 8 nitrogen and oxygen atoms in total. The molecule has 0 aliphatic carbocycles. The van der Waals surface area contributed by atoms with Gasteiger partial charge in [0.05, 0.1) is 43.3 Å². The number of carbonyl (C=O) groups excluding carboxylic acids is 1. The zero-order valence-electron chi connectivity index (χ0n) is 14.1. The van der Waals surface area contributed by atoms with Crippen LogP contribution in [-0.4, -0.2) is 40.7 Å². The summed E-state index contributed by atoms with van der Waals surface area (Å²) in [6, 6.07) is 5.02. The van der Waals surface area contributed by atoms with E-state index >= 15 is 0 Å². The van der Waals surface area contributed by atoms with E-state index in [1.165, 1.54) is 4.31 Å². The number of hydrogen-bond acceptors (Lipinski definition) is 5. The van der Waals surface area contributed by atoms with Crippen LogP contribution in [0.4, 0.5) is 0 Å². The van der Waals surface area contributed by atoms with Gasteiger partial charge in [-0.3, -0.25) is 9.48 Å². The third kappa shape index (κ3) is 4.10. The lowest BCUT2D eigenvalue weighted by atomic mass is 10.1. The fraction of sp³-hybridized carbons (Fsp3) is 0.500. The Kier molecular flexibility index (Phi) is 5.24. The Balaban J connectivity index is 1.68. The van der Waals surface area contributed by atoms with Gasteiger partial charge in [0.1, 0.15) is 5.76 Å². The van der Waals surface area contributed by atoms with Crippen LogP contribution in [0, 0.1) is 0 Å². The highest BCUT2D eigenvalue weighted by Gasteiger charge is 2.33. The van der Waals surface area contributed by atoms with Crippen molar-refractivity contribution in [2.45, 2.75) is 38.9 Å². The summed E-state index contributed by atoms with van der Waals surface area (Å²) in [4.78, 5) is 12.3. The first-order valence-corrected chi connectivity index (χ1v) is 9.90. The van der Waals surface area contributed by atoms with Crippen molar-refractivity contribution in [1.82, 2.24) is 19.4 Å². The first-order valence-electron chi connectivity index (χ1n) is 8.29. The summed E-state index contributed by atoms with van der Waals surface area (Å²) in [5, 5.41) is 7.05. The highest BCUT2D eigenvalue weighted by Crippen LogP contribution is 2.25. The lowest BCUT2D eigenvalue weighted by molar-refractivity contribution is -0.122. The van der Waals surface area contributed by atoms with Crippen LogP contribution in [0.3, 0.4) is 0 Å². The topological polar surface area (TPSA) is 97.4 Å². The van der Waals surface area contributed by atoms with Crippen molar-refractivity contribution >= 4 is 15.9 Å². The van der Waals surface area contributed by atoms with Crippen molar-refractivity contribution in [3.63, 3.8) is 0 Å². The molecule has 1 unspecified atom stereocenters.